The van der Waals surface area contributed by atoms with Crippen LogP contribution >= 0.6 is 0 Å². The zero-order valence-corrected chi connectivity index (χ0v) is 31.1. The molecule has 3 nitrogen and oxygen atoms in total. The number of hydrogen-bond donors (Lipinski definition) is 0. The summed E-state index contributed by atoms with van der Waals surface area (Å²) in [7, 11) is 0. The Hall–Kier alpha value is -7.23. The van der Waals surface area contributed by atoms with Gasteiger partial charge in [0.15, 0.2) is 11.7 Å². The minimum atomic E-state index is -0.574. The van der Waals surface area contributed by atoms with Gasteiger partial charge in [-0.3, -0.25) is 4.99 Å². The molecule has 0 bridgehead atoms. The number of amidine groups is 2. The summed E-state index contributed by atoms with van der Waals surface area (Å²) in [5.41, 5.74) is 16.0. The zero-order valence-electron chi connectivity index (χ0n) is 31.1. The van der Waals surface area contributed by atoms with Gasteiger partial charge in [-0.2, -0.15) is 0 Å². The lowest BCUT2D eigenvalue weighted by Gasteiger charge is -2.32. The molecule has 0 unspecified atom stereocenters. The van der Waals surface area contributed by atoms with Crippen LogP contribution in [-0.4, -0.2) is 18.4 Å². The van der Waals surface area contributed by atoms with E-state index in [4.69, 9.17) is 15.0 Å². The first-order valence-corrected chi connectivity index (χ1v) is 18.9. The van der Waals surface area contributed by atoms with E-state index < -0.39 is 5.41 Å². The quantitative estimate of drug-likeness (QED) is 0.0853. The van der Waals surface area contributed by atoms with Crippen LogP contribution in [0.3, 0.4) is 0 Å². The van der Waals surface area contributed by atoms with Crippen molar-refractivity contribution in [2.24, 2.45) is 15.0 Å². The van der Waals surface area contributed by atoms with Crippen LogP contribution in [0.2, 0.25) is 0 Å². The molecule has 0 saturated carbocycles. The lowest BCUT2D eigenvalue weighted by Crippen LogP contribution is -2.28. The average Bonchev–Trinajstić information content (AvgIpc) is 3.74. The number of aliphatic imine (C=N–C) groups is 3. The lowest BCUT2D eigenvalue weighted by atomic mass is 9.69. The number of rotatable bonds is 8. The molecule has 2 aliphatic carbocycles. The maximum absolute atomic E-state index is 5.34. The van der Waals surface area contributed by atoms with Crippen molar-refractivity contribution in [3.05, 3.63) is 246 Å². The Morgan fingerprint density at radius 1 is 0.571 bits per heavy atom. The van der Waals surface area contributed by atoms with E-state index in [0.717, 1.165) is 50.1 Å². The van der Waals surface area contributed by atoms with Crippen LogP contribution in [0, 0.1) is 0 Å². The number of fused-ring (bicyclic) bond motifs is 10. The van der Waals surface area contributed by atoms with E-state index in [1.165, 1.54) is 33.4 Å². The highest BCUT2D eigenvalue weighted by atomic mass is 15.0. The Morgan fingerprint density at radius 3 is 1.73 bits per heavy atom. The molecule has 7 aromatic carbocycles. The van der Waals surface area contributed by atoms with Crippen molar-refractivity contribution in [1.29, 1.82) is 0 Å². The molecule has 0 N–H and O–H groups in total. The van der Waals surface area contributed by atoms with Gasteiger partial charge in [0.1, 0.15) is 0 Å². The second-order valence-corrected chi connectivity index (χ2v) is 14.1. The van der Waals surface area contributed by atoms with Gasteiger partial charge >= 0.3 is 0 Å². The third-order valence-corrected chi connectivity index (χ3v) is 11.0. The molecule has 0 atom stereocenters. The normalized spacial score (nSPS) is 13.8. The average molecular weight is 718 g/mol. The molecule has 3 heteroatoms. The Kier molecular flexibility index (Phi) is 8.97. The van der Waals surface area contributed by atoms with Gasteiger partial charge in [-0.05, 0) is 91.2 Å². The van der Waals surface area contributed by atoms with Gasteiger partial charge in [-0.1, -0.05) is 189 Å². The van der Waals surface area contributed by atoms with Gasteiger partial charge in [0.05, 0.1) is 12.0 Å². The lowest BCUT2D eigenvalue weighted by molar-refractivity contribution is 0.791. The molecule has 266 valence electrons. The molecule has 2 aliphatic rings. The second-order valence-electron chi connectivity index (χ2n) is 14.1. The van der Waals surface area contributed by atoms with E-state index in [1.807, 2.05) is 42.5 Å². The first-order valence-electron chi connectivity index (χ1n) is 18.9. The molecule has 0 saturated heterocycles. The van der Waals surface area contributed by atoms with E-state index in [1.54, 1.807) is 6.08 Å². The molecular weight excluding hydrogens is 679 g/mol. The van der Waals surface area contributed by atoms with Crippen molar-refractivity contribution in [3.8, 4) is 33.4 Å². The predicted octanol–water partition coefficient (Wildman–Crippen LogP) is 12.6. The molecule has 0 heterocycles. The van der Waals surface area contributed by atoms with E-state index in [0.29, 0.717) is 18.2 Å². The summed E-state index contributed by atoms with van der Waals surface area (Å²) in [5, 5.41) is 0. The molecule has 1 spiro atoms. The van der Waals surface area contributed by atoms with Crippen LogP contribution in [0.1, 0.15) is 38.9 Å². The van der Waals surface area contributed by atoms with Crippen LogP contribution in [0.4, 0.5) is 0 Å². The Bertz CT molecular complexity index is 2700. The topological polar surface area (TPSA) is 37.1 Å². The second kappa shape index (κ2) is 14.5. The highest BCUT2D eigenvalue weighted by Gasteiger charge is 2.52. The van der Waals surface area contributed by atoms with Crippen LogP contribution in [0.15, 0.2) is 222 Å². The number of allylic oxidation sites excluding steroid dienone is 2. The zero-order chi connectivity index (χ0) is 38.1. The van der Waals surface area contributed by atoms with Crippen LogP contribution < -0.4 is 0 Å². The largest absolute Gasteiger partial charge is 0.261 e. The first kappa shape index (κ1) is 34.5. The van der Waals surface area contributed by atoms with E-state index in [2.05, 4.69) is 159 Å². The smallest absolute Gasteiger partial charge is 0.161 e. The molecular formula is C53H39N3. The van der Waals surface area contributed by atoms with Crippen LogP contribution in [0.25, 0.3) is 39.0 Å². The molecule has 7 aromatic rings. The summed E-state index contributed by atoms with van der Waals surface area (Å²) in [5.74, 6) is 0.990. The van der Waals surface area contributed by atoms with Gasteiger partial charge in [0, 0.05) is 11.1 Å². The highest BCUT2D eigenvalue weighted by molar-refractivity contribution is 6.16. The monoisotopic (exact) mass is 717 g/mol. The SMILES string of the molecule is C=C/C(=C\C(=C)c1ccccc1)C(=NCc1cccc(-c2ccccc2)c1)N=C(N=C)c1cccc2c1C1(c3ccccc3-c3ccccc31)c1ccccc1-2. The fraction of sp³-hybridized carbons (Fsp3) is 0.0377. The standard InChI is InChI=1S/C53H39N3/c1-4-38(33-36(2)39-20-7-5-8-21-39)51(55-35-37-19-17-24-41(34-37)40-22-9-6-10-23-40)56-52(54-3)46-29-18-28-45-44-27-13-16-32-49(44)53(50(45)46)47-30-14-11-25-42(47)43-26-12-15-31-48(43)53/h4-34H,1-3,35H2/b38-33+,55-51?,56-52?. The summed E-state index contributed by atoms with van der Waals surface area (Å²) in [6, 6.07) is 61.9. The summed E-state index contributed by atoms with van der Waals surface area (Å²) in [6.45, 7) is 13.2. The summed E-state index contributed by atoms with van der Waals surface area (Å²) in [4.78, 5) is 15.3. The molecule has 0 aliphatic heterocycles. The van der Waals surface area contributed by atoms with E-state index in [9.17, 15) is 0 Å². The molecule has 9 rings (SSSR count). The molecule has 0 fully saturated rings. The maximum Gasteiger partial charge on any atom is 0.161 e. The Balaban J connectivity index is 1.24. The Labute approximate surface area is 328 Å². The molecule has 0 radical (unpaired) electrons. The minimum absolute atomic E-state index is 0.399. The van der Waals surface area contributed by atoms with Gasteiger partial charge in [0.2, 0.25) is 0 Å². The first-order chi connectivity index (χ1) is 27.6. The summed E-state index contributed by atoms with van der Waals surface area (Å²) < 4.78 is 0. The van der Waals surface area contributed by atoms with Crippen molar-refractivity contribution < 1.29 is 0 Å². The molecule has 56 heavy (non-hydrogen) atoms. The van der Waals surface area contributed by atoms with Crippen molar-refractivity contribution in [2.45, 2.75) is 12.0 Å². The summed E-state index contributed by atoms with van der Waals surface area (Å²) >= 11 is 0. The van der Waals surface area contributed by atoms with Gasteiger partial charge in [-0.25, -0.2) is 9.98 Å². The number of benzene rings is 7. The van der Waals surface area contributed by atoms with E-state index in [-0.39, 0.29) is 0 Å². The fourth-order valence-electron chi connectivity index (χ4n) is 8.60. The van der Waals surface area contributed by atoms with Crippen LogP contribution in [0.5, 0.6) is 0 Å². The van der Waals surface area contributed by atoms with Crippen molar-refractivity contribution >= 4 is 24.0 Å². The van der Waals surface area contributed by atoms with Crippen LogP contribution in [-0.2, 0) is 12.0 Å². The van der Waals surface area contributed by atoms with Gasteiger partial charge in [0.25, 0.3) is 0 Å². The molecule has 0 amide bonds. The fourth-order valence-corrected chi connectivity index (χ4v) is 8.60. The van der Waals surface area contributed by atoms with Gasteiger partial charge in [-0.15, -0.1) is 0 Å². The predicted molar refractivity (Wildman–Crippen MR) is 236 cm³/mol. The van der Waals surface area contributed by atoms with Crippen molar-refractivity contribution in [3.63, 3.8) is 0 Å². The Morgan fingerprint density at radius 2 is 1.11 bits per heavy atom. The highest BCUT2D eigenvalue weighted by Crippen LogP contribution is 2.63. The van der Waals surface area contributed by atoms with Gasteiger partial charge < -0.3 is 0 Å². The third kappa shape index (κ3) is 5.73. The number of nitrogens with zero attached hydrogens (tertiary/aromatic N) is 3. The minimum Gasteiger partial charge on any atom is -0.261 e. The summed E-state index contributed by atoms with van der Waals surface area (Å²) in [6.07, 6.45) is 3.80. The molecule has 0 aromatic heterocycles. The maximum atomic E-state index is 5.34. The number of hydrogen-bond acceptors (Lipinski definition) is 1. The van der Waals surface area contributed by atoms with Crippen molar-refractivity contribution in [2.75, 3.05) is 0 Å². The van der Waals surface area contributed by atoms with Crippen molar-refractivity contribution in [1.82, 2.24) is 0 Å². The van der Waals surface area contributed by atoms with E-state index >= 15 is 0 Å². The third-order valence-electron chi connectivity index (χ3n) is 11.0.